The third-order valence-electron chi connectivity index (χ3n) is 4.26. The minimum atomic E-state index is -1.44. The number of oxime groups is 1. The first-order valence-corrected chi connectivity index (χ1v) is 10.4. The van der Waals surface area contributed by atoms with Gasteiger partial charge in [0.15, 0.2) is 5.71 Å². The van der Waals surface area contributed by atoms with Crippen LogP contribution in [0.1, 0.15) is 0 Å². The van der Waals surface area contributed by atoms with Gasteiger partial charge in [0.05, 0.1) is 17.0 Å². The van der Waals surface area contributed by atoms with Gasteiger partial charge in [-0.15, -0.1) is 11.8 Å². The molecule has 0 aromatic rings. The van der Waals surface area contributed by atoms with Crippen molar-refractivity contribution in [2.24, 2.45) is 22.5 Å². The van der Waals surface area contributed by atoms with Gasteiger partial charge in [-0.3, -0.25) is 19.5 Å². The van der Waals surface area contributed by atoms with Crippen molar-refractivity contribution in [2.45, 2.75) is 10.9 Å². The van der Waals surface area contributed by atoms with Crippen LogP contribution in [0.5, 0.6) is 0 Å². The van der Waals surface area contributed by atoms with Crippen LogP contribution >= 0.6 is 23.5 Å². The van der Waals surface area contributed by atoms with Crippen LogP contribution in [0.25, 0.3) is 0 Å². The number of hydrazine groups is 1. The summed E-state index contributed by atoms with van der Waals surface area (Å²) >= 11 is 2.43. The van der Waals surface area contributed by atoms with E-state index in [9.17, 15) is 24.3 Å². The Balaban J connectivity index is 0.00000341. The number of carboxylic acids is 1. The summed E-state index contributed by atoms with van der Waals surface area (Å²) in [6, 6.07) is 0. The van der Waals surface area contributed by atoms with Crippen LogP contribution in [-0.2, 0) is 24.0 Å². The molecule has 162 valence electrons. The van der Waals surface area contributed by atoms with Crippen molar-refractivity contribution in [2.75, 3.05) is 19.5 Å². The van der Waals surface area contributed by atoms with Crippen LogP contribution in [0.3, 0.4) is 0 Å². The normalized spacial score (nSPS) is 24.8. The molecule has 3 aliphatic heterocycles. The van der Waals surface area contributed by atoms with E-state index in [0.29, 0.717) is 5.75 Å². The summed E-state index contributed by atoms with van der Waals surface area (Å²) in [6.45, 7) is -0.275. The maximum Gasteiger partial charge on any atom is 1.00 e. The number of carbonyl (C=O) groups is 4. The molecule has 0 spiro atoms. The summed E-state index contributed by atoms with van der Waals surface area (Å²) in [6.07, 6.45) is 0.457. The molecular weight excluding hydrogens is 463 g/mol. The molecule has 1 saturated heterocycles. The molecule has 0 aliphatic carbocycles. The van der Waals surface area contributed by atoms with Crippen LogP contribution in [0.2, 0.25) is 0 Å². The number of thioether (sulfide) groups is 2. The molecule has 3 amide bonds. The Labute approximate surface area is 206 Å². The minimum Gasteiger partial charge on any atom is -0.543 e. The van der Waals surface area contributed by atoms with Crippen molar-refractivity contribution in [3.05, 3.63) is 22.9 Å². The number of hydrogen-bond acceptors (Lipinski definition) is 12. The topological polar surface area (TPSA) is 193 Å². The Morgan fingerprint density at radius 3 is 2.71 bits per heavy atom. The number of primary amides is 1. The van der Waals surface area contributed by atoms with E-state index in [1.165, 1.54) is 30.4 Å². The SMILES string of the molecule is CON=C(C(N)=O)C1=CSC(N)N1NC(=O)OCC1C(=O)N2C(C(=O)[O-])=CCS[C@@H]12.[Na+]. The third-order valence-corrected chi connectivity index (χ3v) is 6.35. The van der Waals surface area contributed by atoms with Gasteiger partial charge in [0.25, 0.3) is 5.91 Å². The van der Waals surface area contributed by atoms with Crippen molar-refractivity contribution in [1.82, 2.24) is 15.3 Å². The first-order chi connectivity index (χ1) is 14.3. The number of rotatable bonds is 7. The quantitative estimate of drug-likeness (QED) is 0.136. The summed E-state index contributed by atoms with van der Waals surface area (Å²) in [5.41, 5.74) is 12.4. The second kappa shape index (κ2) is 10.6. The van der Waals surface area contributed by atoms with E-state index in [2.05, 4.69) is 15.4 Å². The molecule has 0 radical (unpaired) electrons. The fraction of sp³-hybridized carbons (Fsp3) is 0.400. The molecule has 3 heterocycles. The standard InChI is InChI=1S/C15H18N6O7S2.Na/c1-27-19-9(10(16)22)8-5-30-14(17)21(8)18-15(26)28-4-6-11(23)20-7(13(24)25)2-3-29-12(6)20;/h2,5-6,12,14H,3-4,17H2,1H3,(H2,16,22)(H,18,26)(H,24,25);/q;+1/p-1/t6?,12-,14?;/m0./s1. The third kappa shape index (κ3) is 5.12. The fourth-order valence-corrected chi connectivity index (χ4v) is 4.94. The van der Waals surface area contributed by atoms with Gasteiger partial charge in [-0.1, -0.05) is 16.9 Å². The van der Waals surface area contributed by atoms with Crippen molar-refractivity contribution in [3.8, 4) is 0 Å². The van der Waals surface area contributed by atoms with E-state index in [-0.39, 0.29) is 53.3 Å². The van der Waals surface area contributed by atoms with Gasteiger partial charge in [-0.05, 0) is 6.08 Å². The summed E-state index contributed by atoms with van der Waals surface area (Å²) in [5, 5.41) is 16.8. The predicted octanol–water partition coefficient (Wildman–Crippen LogP) is -5.58. The molecule has 16 heteroatoms. The molecule has 0 saturated carbocycles. The number of ether oxygens (including phenoxy) is 1. The molecule has 0 bridgehead atoms. The van der Waals surface area contributed by atoms with E-state index < -0.39 is 40.7 Å². The average molecular weight is 480 g/mol. The van der Waals surface area contributed by atoms with E-state index in [1.807, 2.05) is 0 Å². The number of aliphatic carboxylic acids is 1. The number of nitrogens with one attached hydrogen (secondary N) is 1. The number of nitrogens with two attached hydrogens (primary N) is 2. The summed E-state index contributed by atoms with van der Waals surface area (Å²) in [4.78, 5) is 52.9. The average Bonchev–Trinajstić information content (AvgIpc) is 3.04. The van der Waals surface area contributed by atoms with Crippen LogP contribution in [0, 0.1) is 5.92 Å². The van der Waals surface area contributed by atoms with Gasteiger partial charge in [0, 0.05) is 11.2 Å². The Morgan fingerprint density at radius 2 is 2.10 bits per heavy atom. The van der Waals surface area contributed by atoms with Gasteiger partial charge in [0.2, 0.25) is 5.91 Å². The maximum atomic E-state index is 12.3. The van der Waals surface area contributed by atoms with Crippen LogP contribution < -0.4 is 51.6 Å². The zero-order chi connectivity index (χ0) is 22.0. The molecular formula is C15H17N6NaO7S2. The number of amides is 3. The Morgan fingerprint density at radius 1 is 1.39 bits per heavy atom. The smallest absolute Gasteiger partial charge is 0.543 e. The molecule has 3 atom stereocenters. The zero-order valence-corrected chi connectivity index (χ0v) is 20.1. The summed E-state index contributed by atoms with van der Waals surface area (Å²) in [7, 11) is 1.22. The van der Waals surface area contributed by atoms with Gasteiger partial charge in [0.1, 0.15) is 30.8 Å². The minimum absolute atomic E-state index is 0. The van der Waals surface area contributed by atoms with Gasteiger partial charge >= 0.3 is 35.7 Å². The van der Waals surface area contributed by atoms with Crippen LogP contribution in [0.4, 0.5) is 4.79 Å². The van der Waals surface area contributed by atoms with E-state index in [0.717, 1.165) is 21.7 Å². The van der Waals surface area contributed by atoms with Gasteiger partial charge in [-0.25, -0.2) is 10.2 Å². The van der Waals surface area contributed by atoms with Gasteiger partial charge in [-0.2, -0.15) is 0 Å². The van der Waals surface area contributed by atoms with Gasteiger partial charge < -0.3 is 30.9 Å². The molecule has 3 rings (SSSR count). The van der Waals surface area contributed by atoms with Crippen molar-refractivity contribution >= 4 is 53.1 Å². The number of hydrogen-bond donors (Lipinski definition) is 3. The summed E-state index contributed by atoms with van der Waals surface area (Å²) in [5.74, 6) is -3.12. The van der Waals surface area contributed by atoms with E-state index in [4.69, 9.17) is 16.2 Å². The van der Waals surface area contributed by atoms with Crippen molar-refractivity contribution in [3.63, 3.8) is 0 Å². The first kappa shape index (κ1) is 25.4. The first-order valence-electron chi connectivity index (χ1n) is 8.37. The summed E-state index contributed by atoms with van der Waals surface area (Å²) < 4.78 is 5.11. The van der Waals surface area contributed by atoms with Crippen LogP contribution in [-0.4, -0.2) is 69.8 Å². The second-order valence-corrected chi connectivity index (χ2v) is 8.15. The van der Waals surface area contributed by atoms with Crippen molar-refractivity contribution in [1.29, 1.82) is 0 Å². The zero-order valence-electron chi connectivity index (χ0n) is 16.5. The molecule has 1 fully saturated rings. The second-order valence-electron chi connectivity index (χ2n) is 6.01. The predicted molar refractivity (Wildman–Crippen MR) is 103 cm³/mol. The number of nitrogens with zero attached hydrogens (tertiary/aromatic N) is 3. The Kier molecular flexibility index (Phi) is 8.67. The monoisotopic (exact) mass is 480 g/mol. The largest absolute Gasteiger partial charge is 1.00 e. The van der Waals surface area contributed by atoms with Crippen LogP contribution in [0.15, 0.2) is 28.0 Å². The molecule has 0 aromatic carbocycles. The molecule has 0 aromatic heterocycles. The molecule has 31 heavy (non-hydrogen) atoms. The van der Waals surface area contributed by atoms with E-state index in [1.54, 1.807) is 0 Å². The van der Waals surface area contributed by atoms with E-state index >= 15 is 0 Å². The Hall–Kier alpha value is -1.91. The number of carbonyl (C=O) groups excluding carboxylic acids is 4. The number of carboxylic acid groups (broad SMARTS) is 1. The number of fused-ring (bicyclic) bond motifs is 1. The Bertz CT molecular complexity index is 882. The molecule has 2 unspecified atom stereocenters. The maximum absolute atomic E-state index is 12.3. The molecule has 5 N–H and O–H groups in total. The molecule has 3 aliphatic rings. The molecule has 13 nitrogen and oxygen atoms in total. The number of β-lactam (4-membered cyclic amide) rings is 1. The fourth-order valence-electron chi connectivity index (χ4n) is 2.92. The van der Waals surface area contributed by atoms with Crippen molar-refractivity contribution < 1.29 is 63.4 Å².